The normalized spacial score (nSPS) is 10.9. The molecule has 4 aromatic rings. The summed E-state index contributed by atoms with van der Waals surface area (Å²) in [7, 11) is 0. The number of hydrogen-bond acceptors (Lipinski definition) is 3. The van der Waals surface area contributed by atoms with Crippen LogP contribution in [0.3, 0.4) is 0 Å². The summed E-state index contributed by atoms with van der Waals surface area (Å²) in [6.45, 7) is 6.30. The molecular formula is C23H21N3. The lowest BCUT2D eigenvalue weighted by molar-refractivity contribution is 1.21. The van der Waals surface area contributed by atoms with E-state index in [1.165, 1.54) is 16.7 Å². The van der Waals surface area contributed by atoms with E-state index in [2.05, 4.69) is 68.6 Å². The third-order valence-electron chi connectivity index (χ3n) is 4.51. The summed E-state index contributed by atoms with van der Waals surface area (Å²) in [5.74, 6) is 1.57. The smallest absolute Gasteiger partial charge is 0.162 e. The summed E-state index contributed by atoms with van der Waals surface area (Å²) in [6.07, 6.45) is 0. The molecule has 0 fully saturated rings. The predicted molar refractivity (Wildman–Crippen MR) is 109 cm³/mol. The van der Waals surface area contributed by atoms with Gasteiger partial charge in [-0.3, -0.25) is 0 Å². The standard InChI is InChI=1S/C23H21N3/c1-15-7-6-8-18(14-15)22-25-21-10-5-4-9-19(21)23(26-22)24-20-12-11-16(2)13-17(20)3/h4-14H,1-3H3,(H,24,25,26). The van der Waals surface area contributed by atoms with Gasteiger partial charge in [0.15, 0.2) is 5.82 Å². The third kappa shape index (κ3) is 3.16. The van der Waals surface area contributed by atoms with Crippen LogP contribution in [0.2, 0.25) is 0 Å². The fraction of sp³-hybridized carbons (Fsp3) is 0.130. The molecule has 1 N–H and O–H groups in total. The van der Waals surface area contributed by atoms with Crippen molar-refractivity contribution >= 4 is 22.4 Å². The minimum absolute atomic E-state index is 0.736. The molecule has 0 amide bonds. The molecule has 128 valence electrons. The van der Waals surface area contributed by atoms with Crippen LogP contribution >= 0.6 is 0 Å². The van der Waals surface area contributed by atoms with E-state index in [-0.39, 0.29) is 0 Å². The molecule has 3 aromatic carbocycles. The van der Waals surface area contributed by atoms with Gasteiger partial charge in [-0.1, -0.05) is 53.6 Å². The highest BCUT2D eigenvalue weighted by Crippen LogP contribution is 2.29. The van der Waals surface area contributed by atoms with Gasteiger partial charge in [-0.2, -0.15) is 0 Å². The summed E-state index contributed by atoms with van der Waals surface area (Å²) in [5.41, 5.74) is 6.68. The minimum Gasteiger partial charge on any atom is -0.339 e. The number of aryl methyl sites for hydroxylation is 3. The van der Waals surface area contributed by atoms with Gasteiger partial charge in [0.2, 0.25) is 0 Å². The monoisotopic (exact) mass is 339 g/mol. The molecular weight excluding hydrogens is 318 g/mol. The van der Waals surface area contributed by atoms with E-state index < -0.39 is 0 Å². The Morgan fingerprint density at radius 1 is 0.731 bits per heavy atom. The molecule has 26 heavy (non-hydrogen) atoms. The first kappa shape index (κ1) is 16.3. The molecule has 0 bridgehead atoms. The van der Waals surface area contributed by atoms with E-state index in [9.17, 15) is 0 Å². The average Bonchev–Trinajstić information content (AvgIpc) is 2.64. The second-order valence-corrected chi connectivity index (χ2v) is 6.73. The van der Waals surface area contributed by atoms with E-state index in [1.807, 2.05) is 24.3 Å². The second-order valence-electron chi connectivity index (χ2n) is 6.73. The van der Waals surface area contributed by atoms with Crippen molar-refractivity contribution in [2.45, 2.75) is 20.8 Å². The summed E-state index contributed by atoms with van der Waals surface area (Å²) < 4.78 is 0. The zero-order valence-electron chi connectivity index (χ0n) is 15.2. The van der Waals surface area contributed by atoms with Crippen LogP contribution in [0.25, 0.3) is 22.3 Å². The van der Waals surface area contributed by atoms with Crippen LogP contribution in [-0.4, -0.2) is 9.97 Å². The van der Waals surface area contributed by atoms with E-state index in [0.717, 1.165) is 33.8 Å². The molecule has 0 aliphatic heterocycles. The summed E-state index contributed by atoms with van der Waals surface area (Å²) in [5, 5.41) is 4.53. The van der Waals surface area contributed by atoms with Gasteiger partial charge in [-0.25, -0.2) is 9.97 Å². The highest BCUT2D eigenvalue weighted by atomic mass is 15.0. The molecule has 1 heterocycles. The lowest BCUT2D eigenvalue weighted by Gasteiger charge is -2.13. The Labute approximate surface area is 153 Å². The number of nitrogens with zero attached hydrogens (tertiary/aromatic N) is 2. The van der Waals surface area contributed by atoms with Crippen molar-refractivity contribution in [3.8, 4) is 11.4 Å². The van der Waals surface area contributed by atoms with E-state index in [0.29, 0.717) is 0 Å². The van der Waals surface area contributed by atoms with Crippen LogP contribution in [-0.2, 0) is 0 Å². The summed E-state index contributed by atoms with van der Waals surface area (Å²) in [4.78, 5) is 9.62. The number of aromatic nitrogens is 2. The first-order valence-electron chi connectivity index (χ1n) is 8.78. The molecule has 3 heteroatoms. The van der Waals surface area contributed by atoms with Crippen LogP contribution in [0.15, 0.2) is 66.7 Å². The number of nitrogens with one attached hydrogen (secondary N) is 1. The molecule has 0 radical (unpaired) electrons. The first-order chi connectivity index (χ1) is 12.6. The Hall–Kier alpha value is -3.20. The van der Waals surface area contributed by atoms with Gasteiger partial charge < -0.3 is 5.32 Å². The fourth-order valence-electron chi connectivity index (χ4n) is 3.17. The Bertz CT molecular complexity index is 1100. The van der Waals surface area contributed by atoms with Gasteiger partial charge >= 0.3 is 0 Å². The SMILES string of the molecule is Cc1cccc(-c2nc(Nc3ccc(C)cc3C)c3ccccc3n2)c1. The molecule has 0 unspecified atom stereocenters. The zero-order chi connectivity index (χ0) is 18.1. The predicted octanol–water partition coefficient (Wildman–Crippen LogP) is 5.97. The van der Waals surface area contributed by atoms with Crippen molar-refractivity contribution in [1.82, 2.24) is 9.97 Å². The Morgan fingerprint density at radius 2 is 1.54 bits per heavy atom. The van der Waals surface area contributed by atoms with Gasteiger partial charge in [0.25, 0.3) is 0 Å². The van der Waals surface area contributed by atoms with Gasteiger partial charge in [0.1, 0.15) is 5.82 Å². The van der Waals surface area contributed by atoms with Crippen LogP contribution in [0.1, 0.15) is 16.7 Å². The van der Waals surface area contributed by atoms with Gasteiger partial charge in [-0.05, 0) is 50.6 Å². The number of fused-ring (bicyclic) bond motifs is 1. The molecule has 0 aliphatic carbocycles. The van der Waals surface area contributed by atoms with Crippen molar-refractivity contribution in [1.29, 1.82) is 0 Å². The van der Waals surface area contributed by atoms with Crippen LogP contribution < -0.4 is 5.32 Å². The molecule has 0 atom stereocenters. The number of para-hydroxylation sites is 1. The maximum Gasteiger partial charge on any atom is 0.162 e. The topological polar surface area (TPSA) is 37.8 Å². The first-order valence-corrected chi connectivity index (χ1v) is 8.78. The Kier molecular flexibility index (Phi) is 4.13. The summed E-state index contributed by atoms with van der Waals surface area (Å²) in [6, 6.07) is 22.8. The van der Waals surface area contributed by atoms with Crippen LogP contribution in [0, 0.1) is 20.8 Å². The molecule has 1 aromatic heterocycles. The number of hydrogen-bond donors (Lipinski definition) is 1. The highest BCUT2D eigenvalue weighted by Gasteiger charge is 2.10. The molecule has 0 saturated heterocycles. The van der Waals surface area contributed by atoms with Gasteiger partial charge in [0.05, 0.1) is 5.52 Å². The fourth-order valence-corrected chi connectivity index (χ4v) is 3.17. The molecule has 4 rings (SSSR count). The molecule has 0 saturated carbocycles. The van der Waals surface area contributed by atoms with Crippen molar-refractivity contribution < 1.29 is 0 Å². The van der Waals surface area contributed by atoms with Gasteiger partial charge in [-0.15, -0.1) is 0 Å². The van der Waals surface area contributed by atoms with E-state index in [4.69, 9.17) is 9.97 Å². The van der Waals surface area contributed by atoms with E-state index >= 15 is 0 Å². The Balaban J connectivity index is 1.87. The third-order valence-corrected chi connectivity index (χ3v) is 4.51. The lowest BCUT2D eigenvalue weighted by Crippen LogP contribution is -2.00. The van der Waals surface area contributed by atoms with Crippen molar-refractivity contribution in [2.24, 2.45) is 0 Å². The molecule has 0 aliphatic rings. The average molecular weight is 339 g/mol. The van der Waals surface area contributed by atoms with Crippen molar-refractivity contribution in [2.75, 3.05) is 5.32 Å². The highest BCUT2D eigenvalue weighted by molar-refractivity contribution is 5.92. The van der Waals surface area contributed by atoms with Crippen LogP contribution in [0.4, 0.5) is 11.5 Å². The Morgan fingerprint density at radius 3 is 2.35 bits per heavy atom. The second kappa shape index (κ2) is 6.60. The van der Waals surface area contributed by atoms with E-state index in [1.54, 1.807) is 0 Å². The maximum atomic E-state index is 4.85. The van der Waals surface area contributed by atoms with Crippen LogP contribution in [0.5, 0.6) is 0 Å². The van der Waals surface area contributed by atoms with Crippen molar-refractivity contribution in [3.63, 3.8) is 0 Å². The quantitative estimate of drug-likeness (QED) is 0.500. The number of benzene rings is 3. The summed E-state index contributed by atoms with van der Waals surface area (Å²) >= 11 is 0. The lowest BCUT2D eigenvalue weighted by atomic mass is 10.1. The van der Waals surface area contributed by atoms with Crippen molar-refractivity contribution in [3.05, 3.63) is 83.4 Å². The van der Waals surface area contributed by atoms with Gasteiger partial charge in [0, 0.05) is 16.6 Å². The maximum absolute atomic E-state index is 4.85. The number of anilines is 2. The molecule has 3 nitrogen and oxygen atoms in total. The largest absolute Gasteiger partial charge is 0.339 e. The zero-order valence-corrected chi connectivity index (χ0v) is 15.2. The minimum atomic E-state index is 0.736. The number of rotatable bonds is 3. The molecule has 0 spiro atoms.